The number of carbonyl (C=O) groups is 5. The number of rotatable bonds is 19. The van der Waals surface area contributed by atoms with E-state index in [-0.39, 0.29) is 31.8 Å². The molecular formula is C22H42N8O7. The van der Waals surface area contributed by atoms with Crippen LogP contribution in [0.2, 0.25) is 0 Å². The van der Waals surface area contributed by atoms with Gasteiger partial charge >= 0.3 is 11.9 Å². The second-order valence-electron chi connectivity index (χ2n) is 8.96. The van der Waals surface area contributed by atoms with Gasteiger partial charge in [-0.25, -0.2) is 4.79 Å². The topological polar surface area (TPSA) is 278 Å². The van der Waals surface area contributed by atoms with E-state index in [1.807, 2.05) is 0 Å². The molecule has 0 radical (unpaired) electrons. The first kappa shape index (κ1) is 33.5. The first-order chi connectivity index (χ1) is 17.3. The number of aliphatic carboxylic acids is 2. The molecule has 4 unspecified atom stereocenters. The SMILES string of the molecule is CC(C)C(NC(=O)C(CCCN=C(N)N)NC(=O)C(CCC(=O)O)NC(=O)C(N)CCCCN)C(=O)O. The molecule has 15 heteroatoms. The third kappa shape index (κ3) is 14.6. The molecule has 4 atom stereocenters. The number of nitrogens with zero attached hydrogens (tertiary/aromatic N) is 1. The molecule has 0 aliphatic rings. The van der Waals surface area contributed by atoms with Crippen molar-refractivity contribution >= 4 is 35.6 Å². The Morgan fingerprint density at radius 1 is 0.811 bits per heavy atom. The van der Waals surface area contributed by atoms with E-state index in [2.05, 4.69) is 20.9 Å². The smallest absolute Gasteiger partial charge is 0.326 e. The summed E-state index contributed by atoms with van der Waals surface area (Å²) in [6.45, 7) is 3.80. The average molecular weight is 531 g/mol. The summed E-state index contributed by atoms with van der Waals surface area (Å²) in [7, 11) is 0. The highest BCUT2D eigenvalue weighted by atomic mass is 16.4. The molecule has 37 heavy (non-hydrogen) atoms. The fourth-order valence-electron chi connectivity index (χ4n) is 3.27. The number of nitrogens with one attached hydrogen (secondary N) is 3. The number of carbonyl (C=O) groups excluding carboxylic acids is 3. The summed E-state index contributed by atoms with van der Waals surface area (Å²) >= 11 is 0. The third-order valence-corrected chi connectivity index (χ3v) is 5.39. The molecule has 0 bridgehead atoms. The zero-order chi connectivity index (χ0) is 28.5. The molecule has 0 aromatic carbocycles. The summed E-state index contributed by atoms with van der Waals surface area (Å²) in [6, 6.07) is -4.64. The van der Waals surface area contributed by atoms with Crippen LogP contribution in [0, 0.1) is 5.92 Å². The van der Waals surface area contributed by atoms with E-state index in [9.17, 15) is 29.1 Å². The Balaban J connectivity index is 5.62. The minimum absolute atomic E-state index is 0.0387. The summed E-state index contributed by atoms with van der Waals surface area (Å²) < 4.78 is 0. The molecule has 0 fully saturated rings. The molecule has 0 saturated heterocycles. The molecule has 13 N–H and O–H groups in total. The fourth-order valence-corrected chi connectivity index (χ4v) is 3.27. The van der Waals surface area contributed by atoms with Gasteiger partial charge in [-0.3, -0.25) is 24.2 Å². The third-order valence-electron chi connectivity index (χ3n) is 5.39. The van der Waals surface area contributed by atoms with Crippen LogP contribution in [0.15, 0.2) is 4.99 Å². The van der Waals surface area contributed by atoms with Gasteiger partial charge in [0.1, 0.15) is 18.1 Å². The van der Waals surface area contributed by atoms with Crippen molar-refractivity contribution in [1.82, 2.24) is 16.0 Å². The van der Waals surface area contributed by atoms with Crippen molar-refractivity contribution in [2.24, 2.45) is 33.8 Å². The van der Waals surface area contributed by atoms with Crippen LogP contribution in [0.1, 0.15) is 58.8 Å². The number of carboxylic acid groups (broad SMARTS) is 2. The Labute approximate surface area is 216 Å². The van der Waals surface area contributed by atoms with Gasteiger partial charge in [-0.15, -0.1) is 0 Å². The van der Waals surface area contributed by atoms with Gasteiger partial charge in [-0.2, -0.15) is 0 Å². The Bertz CT molecular complexity index is 802. The lowest BCUT2D eigenvalue weighted by molar-refractivity contribution is -0.143. The lowest BCUT2D eigenvalue weighted by Crippen LogP contribution is -2.57. The number of unbranched alkanes of at least 4 members (excludes halogenated alkanes) is 1. The molecule has 0 spiro atoms. The summed E-state index contributed by atoms with van der Waals surface area (Å²) in [5, 5.41) is 25.8. The molecule has 0 aliphatic heterocycles. The Hall–Kier alpha value is -3.46. The molecule has 0 aromatic heterocycles. The standard InChI is InChI=1S/C22H42N8O7/c1-12(2)17(21(36)37)30-20(35)14(7-5-11-27-22(25)26)29-19(34)15(8-9-16(31)32)28-18(33)13(24)6-3-4-10-23/h12-15,17H,3-11,23-24H2,1-2H3,(H,28,33)(H,29,34)(H,30,35)(H,31,32)(H,36,37)(H4,25,26,27). The quantitative estimate of drug-likeness (QED) is 0.0480. The molecule has 212 valence electrons. The number of nitrogens with two attached hydrogens (primary N) is 4. The highest BCUT2D eigenvalue weighted by Gasteiger charge is 2.31. The maximum atomic E-state index is 13.0. The van der Waals surface area contributed by atoms with Crippen molar-refractivity contribution in [1.29, 1.82) is 0 Å². The van der Waals surface area contributed by atoms with Crippen molar-refractivity contribution < 1.29 is 34.2 Å². The highest BCUT2D eigenvalue weighted by molar-refractivity contribution is 5.94. The predicted octanol–water partition coefficient (Wildman–Crippen LogP) is -2.44. The maximum absolute atomic E-state index is 13.0. The first-order valence-corrected chi connectivity index (χ1v) is 12.2. The number of guanidine groups is 1. The van der Waals surface area contributed by atoms with Gasteiger partial charge in [-0.05, 0) is 44.6 Å². The van der Waals surface area contributed by atoms with Gasteiger partial charge in [0.25, 0.3) is 0 Å². The van der Waals surface area contributed by atoms with Crippen LogP contribution in [0.5, 0.6) is 0 Å². The first-order valence-electron chi connectivity index (χ1n) is 12.2. The lowest BCUT2D eigenvalue weighted by atomic mass is 10.0. The van der Waals surface area contributed by atoms with Crippen LogP contribution in [-0.4, -0.2) is 83.1 Å². The van der Waals surface area contributed by atoms with Gasteiger partial charge in [0, 0.05) is 13.0 Å². The summed E-state index contributed by atoms with van der Waals surface area (Å²) in [6.07, 6.45) is 1.18. The zero-order valence-corrected chi connectivity index (χ0v) is 21.4. The van der Waals surface area contributed by atoms with E-state index >= 15 is 0 Å². The number of hydrogen-bond donors (Lipinski definition) is 9. The van der Waals surface area contributed by atoms with Gasteiger partial charge in [0.15, 0.2) is 5.96 Å². The molecule has 0 heterocycles. The Morgan fingerprint density at radius 3 is 1.89 bits per heavy atom. The van der Waals surface area contributed by atoms with E-state index in [4.69, 9.17) is 28.0 Å². The number of amides is 3. The molecule has 0 aromatic rings. The van der Waals surface area contributed by atoms with E-state index in [0.717, 1.165) is 0 Å². The van der Waals surface area contributed by atoms with Crippen molar-refractivity contribution in [2.75, 3.05) is 13.1 Å². The Morgan fingerprint density at radius 2 is 1.38 bits per heavy atom. The van der Waals surface area contributed by atoms with Crippen molar-refractivity contribution in [2.45, 2.75) is 83.0 Å². The molecule has 0 rings (SSSR count). The predicted molar refractivity (Wildman–Crippen MR) is 136 cm³/mol. The fraction of sp³-hybridized carbons (Fsp3) is 0.727. The highest BCUT2D eigenvalue weighted by Crippen LogP contribution is 2.07. The second kappa shape index (κ2) is 17.9. The summed E-state index contributed by atoms with van der Waals surface area (Å²) in [5.41, 5.74) is 21.9. The van der Waals surface area contributed by atoms with Crippen LogP contribution in [0.25, 0.3) is 0 Å². The molecular weight excluding hydrogens is 488 g/mol. The lowest BCUT2D eigenvalue weighted by Gasteiger charge is -2.26. The normalized spacial score (nSPS) is 14.1. The minimum atomic E-state index is -1.29. The van der Waals surface area contributed by atoms with Crippen LogP contribution in [-0.2, 0) is 24.0 Å². The van der Waals surface area contributed by atoms with Crippen LogP contribution in [0.4, 0.5) is 0 Å². The summed E-state index contributed by atoms with van der Waals surface area (Å²) in [4.78, 5) is 64.9. The monoisotopic (exact) mass is 530 g/mol. The van der Waals surface area contributed by atoms with Crippen molar-refractivity contribution in [3.8, 4) is 0 Å². The average Bonchev–Trinajstić information content (AvgIpc) is 2.80. The summed E-state index contributed by atoms with van der Waals surface area (Å²) in [5.74, 6) is -5.26. The molecule has 0 saturated carbocycles. The van der Waals surface area contributed by atoms with E-state index < -0.39 is 66.2 Å². The van der Waals surface area contributed by atoms with Crippen LogP contribution >= 0.6 is 0 Å². The van der Waals surface area contributed by atoms with E-state index in [1.54, 1.807) is 13.8 Å². The van der Waals surface area contributed by atoms with E-state index in [0.29, 0.717) is 25.8 Å². The van der Waals surface area contributed by atoms with Crippen LogP contribution < -0.4 is 38.9 Å². The van der Waals surface area contributed by atoms with Gasteiger partial charge in [0.05, 0.1) is 6.04 Å². The Kier molecular flexibility index (Phi) is 16.2. The van der Waals surface area contributed by atoms with Gasteiger partial charge in [0.2, 0.25) is 17.7 Å². The molecule has 15 nitrogen and oxygen atoms in total. The van der Waals surface area contributed by atoms with E-state index in [1.165, 1.54) is 0 Å². The van der Waals surface area contributed by atoms with Crippen LogP contribution in [0.3, 0.4) is 0 Å². The maximum Gasteiger partial charge on any atom is 0.326 e. The minimum Gasteiger partial charge on any atom is -0.481 e. The number of carboxylic acids is 2. The molecule has 3 amide bonds. The molecule has 0 aliphatic carbocycles. The van der Waals surface area contributed by atoms with Crippen molar-refractivity contribution in [3.63, 3.8) is 0 Å². The number of aliphatic imine (C=N–C) groups is 1. The largest absolute Gasteiger partial charge is 0.481 e. The van der Waals surface area contributed by atoms with Crippen molar-refractivity contribution in [3.05, 3.63) is 0 Å². The van der Waals surface area contributed by atoms with Gasteiger partial charge in [-0.1, -0.05) is 20.3 Å². The van der Waals surface area contributed by atoms with Gasteiger partial charge < -0.3 is 49.1 Å². The second-order valence-corrected chi connectivity index (χ2v) is 8.96. The number of hydrogen-bond acceptors (Lipinski definition) is 8. The zero-order valence-electron chi connectivity index (χ0n) is 21.4.